The second kappa shape index (κ2) is 12.1. The highest BCUT2D eigenvalue weighted by Crippen LogP contribution is 2.39. The van der Waals surface area contributed by atoms with Gasteiger partial charge in [-0.2, -0.15) is 9.78 Å². The van der Waals surface area contributed by atoms with Gasteiger partial charge in [-0.1, -0.05) is 41.9 Å². The van der Waals surface area contributed by atoms with Gasteiger partial charge in [0.1, 0.15) is 12.4 Å². The molecule has 3 aromatic carbocycles. The number of nitrogens with zero attached hydrogens (tertiary/aromatic N) is 3. The van der Waals surface area contributed by atoms with Crippen LogP contribution < -0.4 is 19.8 Å². The molecule has 0 saturated carbocycles. The fourth-order valence-electron chi connectivity index (χ4n) is 3.97. The number of hydrogen-bond donors (Lipinski definition) is 1. The molecule has 0 amide bonds. The molecule has 0 radical (unpaired) electrons. The van der Waals surface area contributed by atoms with Crippen molar-refractivity contribution in [3.05, 3.63) is 91.9 Å². The minimum Gasteiger partial charge on any atom is -0.493 e. The number of methoxy groups -OCH3 is 2. The van der Waals surface area contributed by atoms with E-state index in [1.165, 1.54) is 25.0 Å². The van der Waals surface area contributed by atoms with Crippen molar-refractivity contribution in [1.29, 1.82) is 0 Å². The largest absolute Gasteiger partial charge is 0.493 e. The summed E-state index contributed by atoms with van der Waals surface area (Å²) in [6, 6.07) is 15.3. The van der Waals surface area contributed by atoms with Crippen LogP contribution in [-0.2, 0) is 6.61 Å². The molecular weight excluding hydrogens is 566 g/mol. The molecule has 0 spiro atoms. The smallest absolute Gasteiger partial charge is 0.335 e. The standard InChI is InChI=1S/C29H28BrN3O6/c1-5-17(2)27-32-23-10-9-21(30)14-22(23)28(34)33(27)31-15-19-12-24(37-3)26(25(13-19)38-4)39-16-18-7-6-8-20(11-18)29(35)36/h6-15,17H,5,16H2,1-4H3,(H,35,36)/t17-/m1/s1. The molecule has 0 aliphatic carbocycles. The lowest BCUT2D eigenvalue weighted by molar-refractivity contribution is 0.0696. The summed E-state index contributed by atoms with van der Waals surface area (Å²) in [6.07, 6.45) is 2.33. The van der Waals surface area contributed by atoms with E-state index in [1.807, 2.05) is 26.0 Å². The Morgan fingerprint density at radius 1 is 1.13 bits per heavy atom. The van der Waals surface area contributed by atoms with Crippen molar-refractivity contribution < 1.29 is 24.1 Å². The maximum absolute atomic E-state index is 13.4. The number of carboxylic acid groups (broad SMARTS) is 1. The third-order valence-corrected chi connectivity index (χ3v) is 6.74. The molecule has 0 fully saturated rings. The first-order valence-corrected chi connectivity index (χ1v) is 13.0. The van der Waals surface area contributed by atoms with Crippen LogP contribution >= 0.6 is 15.9 Å². The molecule has 0 saturated heterocycles. The Labute approximate surface area is 233 Å². The van der Waals surface area contributed by atoms with E-state index in [0.29, 0.717) is 45.1 Å². The highest BCUT2D eigenvalue weighted by molar-refractivity contribution is 9.10. The van der Waals surface area contributed by atoms with Crippen LogP contribution in [0.3, 0.4) is 0 Å². The lowest BCUT2D eigenvalue weighted by atomic mass is 10.1. The number of aromatic carboxylic acids is 1. The van der Waals surface area contributed by atoms with E-state index < -0.39 is 5.97 Å². The van der Waals surface area contributed by atoms with Crippen molar-refractivity contribution >= 4 is 39.0 Å². The van der Waals surface area contributed by atoms with E-state index >= 15 is 0 Å². The zero-order valence-corrected chi connectivity index (χ0v) is 23.6. The molecule has 10 heteroatoms. The highest BCUT2D eigenvalue weighted by Gasteiger charge is 2.17. The summed E-state index contributed by atoms with van der Waals surface area (Å²) in [4.78, 5) is 29.4. The second-order valence-electron chi connectivity index (χ2n) is 8.85. The molecule has 4 aromatic rings. The Balaban J connectivity index is 1.71. The van der Waals surface area contributed by atoms with Gasteiger partial charge in [0.25, 0.3) is 5.56 Å². The van der Waals surface area contributed by atoms with Gasteiger partial charge >= 0.3 is 5.97 Å². The minimum atomic E-state index is -1.01. The Kier molecular flexibility index (Phi) is 8.65. The van der Waals surface area contributed by atoms with E-state index in [1.54, 1.807) is 42.6 Å². The number of fused-ring (bicyclic) bond motifs is 1. The lowest BCUT2D eigenvalue weighted by Crippen LogP contribution is -2.23. The fraction of sp³-hybridized carbons (Fsp3) is 0.241. The Hall–Kier alpha value is -4.18. The van der Waals surface area contributed by atoms with E-state index in [-0.39, 0.29) is 23.6 Å². The van der Waals surface area contributed by atoms with E-state index in [0.717, 1.165) is 10.9 Å². The summed E-state index contributed by atoms with van der Waals surface area (Å²) in [5.41, 5.74) is 1.81. The number of rotatable bonds is 10. The van der Waals surface area contributed by atoms with Gasteiger partial charge in [-0.3, -0.25) is 4.79 Å². The Morgan fingerprint density at radius 3 is 2.49 bits per heavy atom. The van der Waals surface area contributed by atoms with Crippen LogP contribution in [0.2, 0.25) is 0 Å². The molecule has 0 aliphatic rings. The molecule has 1 N–H and O–H groups in total. The Bertz CT molecular complexity index is 1590. The third-order valence-electron chi connectivity index (χ3n) is 6.25. The van der Waals surface area contributed by atoms with Crippen molar-refractivity contribution in [2.24, 2.45) is 5.10 Å². The van der Waals surface area contributed by atoms with Gasteiger partial charge in [-0.15, -0.1) is 0 Å². The number of halogens is 1. The predicted octanol–water partition coefficient (Wildman–Crippen LogP) is 5.85. The highest BCUT2D eigenvalue weighted by atomic mass is 79.9. The number of hydrogen-bond acceptors (Lipinski definition) is 7. The van der Waals surface area contributed by atoms with Crippen molar-refractivity contribution in [2.45, 2.75) is 32.8 Å². The van der Waals surface area contributed by atoms with Crippen LogP contribution in [0, 0.1) is 0 Å². The summed E-state index contributed by atoms with van der Waals surface area (Å²) in [5.74, 6) is 0.687. The molecule has 0 aliphatic heterocycles. The maximum atomic E-state index is 13.4. The average molecular weight is 594 g/mol. The van der Waals surface area contributed by atoms with Crippen molar-refractivity contribution in [2.75, 3.05) is 14.2 Å². The molecule has 1 aromatic heterocycles. The van der Waals surface area contributed by atoms with Gasteiger partial charge in [-0.25, -0.2) is 9.78 Å². The molecule has 1 atom stereocenters. The SMILES string of the molecule is CC[C@@H](C)c1nc2ccc(Br)cc2c(=O)n1N=Cc1cc(OC)c(OCc2cccc(C(=O)O)c2)c(OC)c1. The zero-order valence-electron chi connectivity index (χ0n) is 22.0. The first-order valence-electron chi connectivity index (χ1n) is 12.2. The first-order chi connectivity index (χ1) is 18.7. The van der Waals surface area contributed by atoms with Crippen molar-refractivity contribution in [3.8, 4) is 17.2 Å². The molecule has 0 bridgehead atoms. The number of carboxylic acids is 1. The summed E-state index contributed by atoms with van der Waals surface area (Å²) in [5, 5.41) is 14.2. The number of ether oxygens (including phenoxy) is 3. The second-order valence-corrected chi connectivity index (χ2v) is 9.77. The molecule has 202 valence electrons. The molecular formula is C29H28BrN3O6. The van der Waals surface area contributed by atoms with Crippen molar-refractivity contribution in [3.63, 3.8) is 0 Å². The minimum absolute atomic E-state index is 0.00220. The van der Waals surface area contributed by atoms with Crippen LogP contribution in [0.5, 0.6) is 17.2 Å². The predicted molar refractivity (Wildman–Crippen MR) is 153 cm³/mol. The van der Waals surface area contributed by atoms with Crippen LogP contribution in [-0.4, -0.2) is 41.2 Å². The molecule has 39 heavy (non-hydrogen) atoms. The normalized spacial score (nSPS) is 12.0. The topological polar surface area (TPSA) is 112 Å². The van der Waals surface area contributed by atoms with E-state index in [9.17, 15) is 14.7 Å². The summed E-state index contributed by atoms with van der Waals surface area (Å²) in [7, 11) is 3.01. The van der Waals surface area contributed by atoms with E-state index in [2.05, 4.69) is 21.0 Å². The fourth-order valence-corrected chi connectivity index (χ4v) is 4.33. The number of aromatic nitrogens is 2. The van der Waals surface area contributed by atoms with Crippen LogP contribution in [0.4, 0.5) is 0 Å². The summed E-state index contributed by atoms with van der Waals surface area (Å²) < 4.78 is 19.2. The lowest BCUT2D eigenvalue weighted by Gasteiger charge is -2.16. The molecule has 0 unspecified atom stereocenters. The van der Waals surface area contributed by atoms with Gasteiger partial charge in [0, 0.05) is 16.0 Å². The van der Waals surface area contributed by atoms with Gasteiger partial charge in [0.2, 0.25) is 5.75 Å². The van der Waals surface area contributed by atoms with Gasteiger partial charge in [-0.05, 0) is 54.4 Å². The third kappa shape index (κ3) is 6.12. The van der Waals surface area contributed by atoms with Gasteiger partial charge in [0.15, 0.2) is 11.5 Å². The molecule has 4 rings (SSSR count). The quantitative estimate of drug-likeness (QED) is 0.229. The van der Waals surface area contributed by atoms with Gasteiger partial charge in [0.05, 0.1) is 36.9 Å². The monoisotopic (exact) mass is 593 g/mol. The van der Waals surface area contributed by atoms with Crippen LogP contribution in [0.15, 0.2) is 69.0 Å². The Morgan fingerprint density at radius 2 is 1.85 bits per heavy atom. The molecule has 9 nitrogen and oxygen atoms in total. The van der Waals surface area contributed by atoms with Crippen molar-refractivity contribution in [1.82, 2.24) is 9.66 Å². The van der Waals surface area contributed by atoms with Gasteiger partial charge < -0.3 is 19.3 Å². The first kappa shape index (κ1) is 27.8. The summed E-state index contributed by atoms with van der Waals surface area (Å²) >= 11 is 3.42. The maximum Gasteiger partial charge on any atom is 0.335 e. The van der Waals surface area contributed by atoms with E-state index in [4.69, 9.17) is 19.2 Å². The number of benzene rings is 3. The van der Waals surface area contributed by atoms with Crippen LogP contribution in [0.1, 0.15) is 53.5 Å². The average Bonchev–Trinajstić information content (AvgIpc) is 2.95. The molecule has 1 heterocycles. The van der Waals surface area contributed by atoms with Crippen LogP contribution in [0.25, 0.3) is 10.9 Å². The zero-order chi connectivity index (χ0) is 28.1. The summed E-state index contributed by atoms with van der Waals surface area (Å²) in [6.45, 7) is 4.14. The number of carbonyl (C=O) groups is 1.